The maximum absolute atomic E-state index is 11.5. The van der Waals surface area contributed by atoms with Gasteiger partial charge in [0.25, 0.3) is 0 Å². The molecule has 6 heteroatoms. The number of amides is 1. The Labute approximate surface area is 105 Å². The molecule has 0 fully saturated rings. The van der Waals surface area contributed by atoms with E-state index < -0.39 is 18.0 Å². The predicted molar refractivity (Wildman–Crippen MR) is 64.7 cm³/mol. The fourth-order valence-corrected chi connectivity index (χ4v) is 1.17. The Morgan fingerprint density at radius 3 is 2.78 bits per heavy atom. The fraction of sp³-hybridized carbons (Fsp3) is 0.333. The molecule has 1 aromatic rings. The number of carboxylic acids is 1. The van der Waals surface area contributed by atoms with Crippen molar-refractivity contribution >= 4 is 17.6 Å². The number of carboxylic acid groups (broad SMARTS) is 1. The van der Waals surface area contributed by atoms with E-state index in [9.17, 15) is 9.59 Å². The summed E-state index contributed by atoms with van der Waals surface area (Å²) in [4.78, 5) is 21.9. The van der Waals surface area contributed by atoms with Crippen LogP contribution in [0.1, 0.15) is 6.92 Å². The molecule has 0 radical (unpaired) electrons. The van der Waals surface area contributed by atoms with Crippen LogP contribution in [-0.2, 0) is 14.3 Å². The second kappa shape index (κ2) is 6.61. The highest BCUT2D eigenvalue weighted by molar-refractivity contribution is 5.92. The molecule has 0 bridgehead atoms. The van der Waals surface area contributed by atoms with Gasteiger partial charge in [-0.1, -0.05) is 6.07 Å². The number of benzene rings is 1. The molecule has 6 nitrogen and oxygen atoms in total. The quantitative estimate of drug-likeness (QED) is 0.793. The number of anilines is 1. The molecule has 0 heterocycles. The summed E-state index contributed by atoms with van der Waals surface area (Å²) < 4.78 is 9.86. The van der Waals surface area contributed by atoms with Crippen molar-refractivity contribution in [3.05, 3.63) is 24.3 Å². The largest absolute Gasteiger partial charge is 0.497 e. The van der Waals surface area contributed by atoms with E-state index in [2.05, 4.69) is 5.32 Å². The van der Waals surface area contributed by atoms with E-state index in [0.717, 1.165) is 0 Å². The zero-order valence-corrected chi connectivity index (χ0v) is 10.2. The summed E-state index contributed by atoms with van der Waals surface area (Å²) in [7, 11) is 1.53. The molecule has 18 heavy (non-hydrogen) atoms. The van der Waals surface area contributed by atoms with Gasteiger partial charge in [0.1, 0.15) is 12.4 Å². The van der Waals surface area contributed by atoms with Gasteiger partial charge in [-0.3, -0.25) is 4.79 Å². The molecule has 0 aliphatic carbocycles. The SMILES string of the molecule is COc1cccc(NC(=O)COC(C)C(=O)O)c1. The molecule has 1 aromatic carbocycles. The standard InChI is InChI=1S/C12H15NO5/c1-8(12(15)16)18-7-11(14)13-9-4-3-5-10(6-9)17-2/h3-6,8H,7H2,1-2H3,(H,13,14)(H,15,16). The van der Waals surface area contributed by atoms with Crippen LogP contribution in [0.3, 0.4) is 0 Å². The minimum atomic E-state index is -1.11. The van der Waals surface area contributed by atoms with E-state index in [4.69, 9.17) is 14.6 Å². The van der Waals surface area contributed by atoms with Crippen LogP contribution in [0, 0.1) is 0 Å². The first-order valence-corrected chi connectivity index (χ1v) is 5.31. The highest BCUT2D eigenvalue weighted by Gasteiger charge is 2.13. The molecule has 1 unspecified atom stereocenters. The molecule has 0 aliphatic rings. The van der Waals surface area contributed by atoms with E-state index in [1.165, 1.54) is 14.0 Å². The average molecular weight is 253 g/mol. The predicted octanol–water partition coefficient (Wildman–Crippen LogP) is 1.12. The summed E-state index contributed by atoms with van der Waals surface area (Å²) >= 11 is 0. The molecule has 0 saturated carbocycles. The summed E-state index contributed by atoms with van der Waals surface area (Å²) in [5.41, 5.74) is 0.561. The molecule has 0 aliphatic heterocycles. The molecule has 2 N–H and O–H groups in total. The van der Waals surface area contributed by atoms with Crippen molar-refractivity contribution in [2.75, 3.05) is 19.0 Å². The minimum Gasteiger partial charge on any atom is -0.497 e. The number of carbonyl (C=O) groups excluding carboxylic acids is 1. The van der Waals surface area contributed by atoms with Gasteiger partial charge in [0.05, 0.1) is 7.11 Å². The van der Waals surface area contributed by atoms with Crippen LogP contribution in [0.15, 0.2) is 24.3 Å². The molecule has 1 amide bonds. The van der Waals surface area contributed by atoms with Crippen LogP contribution in [-0.4, -0.2) is 36.8 Å². The topological polar surface area (TPSA) is 84.9 Å². The molecule has 1 atom stereocenters. The maximum Gasteiger partial charge on any atom is 0.332 e. The molecule has 1 rings (SSSR count). The Morgan fingerprint density at radius 1 is 1.44 bits per heavy atom. The van der Waals surface area contributed by atoms with E-state index in [-0.39, 0.29) is 6.61 Å². The summed E-state index contributed by atoms with van der Waals surface area (Å²) in [5, 5.41) is 11.2. The molecule has 98 valence electrons. The van der Waals surface area contributed by atoms with Crippen LogP contribution < -0.4 is 10.1 Å². The van der Waals surface area contributed by atoms with Gasteiger partial charge in [-0.25, -0.2) is 4.79 Å². The molecular weight excluding hydrogens is 238 g/mol. The van der Waals surface area contributed by atoms with Gasteiger partial charge in [0.2, 0.25) is 5.91 Å². The molecule has 0 aromatic heterocycles. The van der Waals surface area contributed by atoms with Crippen molar-refractivity contribution in [2.24, 2.45) is 0 Å². The summed E-state index contributed by atoms with van der Waals surface area (Å²) in [6.07, 6.45) is -1.01. The van der Waals surface area contributed by atoms with E-state index in [1.54, 1.807) is 24.3 Å². The maximum atomic E-state index is 11.5. The van der Waals surface area contributed by atoms with Crippen LogP contribution >= 0.6 is 0 Å². The van der Waals surface area contributed by atoms with Gasteiger partial charge < -0.3 is 19.9 Å². The lowest BCUT2D eigenvalue weighted by atomic mass is 10.3. The van der Waals surface area contributed by atoms with Gasteiger partial charge >= 0.3 is 5.97 Å². The monoisotopic (exact) mass is 253 g/mol. The number of rotatable bonds is 6. The Balaban J connectivity index is 2.46. The number of hydrogen-bond donors (Lipinski definition) is 2. The Kier molecular flexibility index (Phi) is 5.13. The third kappa shape index (κ3) is 4.42. The van der Waals surface area contributed by atoms with Crippen LogP contribution in [0.5, 0.6) is 5.75 Å². The van der Waals surface area contributed by atoms with Gasteiger partial charge in [-0.15, -0.1) is 0 Å². The number of methoxy groups -OCH3 is 1. The van der Waals surface area contributed by atoms with Gasteiger partial charge in [-0.05, 0) is 19.1 Å². The normalized spacial score (nSPS) is 11.7. The Hall–Kier alpha value is -2.08. The lowest BCUT2D eigenvalue weighted by Crippen LogP contribution is -2.26. The number of carbonyl (C=O) groups is 2. The number of hydrogen-bond acceptors (Lipinski definition) is 4. The van der Waals surface area contributed by atoms with Crippen molar-refractivity contribution in [3.63, 3.8) is 0 Å². The lowest BCUT2D eigenvalue weighted by Gasteiger charge is -2.09. The van der Waals surface area contributed by atoms with Crippen LogP contribution in [0.25, 0.3) is 0 Å². The van der Waals surface area contributed by atoms with Crippen molar-refractivity contribution in [1.29, 1.82) is 0 Å². The van der Waals surface area contributed by atoms with E-state index in [0.29, 0.717) is 11.4 Å². The first kappa shape index (κ1) is 14.0. The van der Waals surface area contributed by atoms with Gasteiger partial charge in [0.15, 0.2) is 6.10 Å². The zero-order chi connectivity index (χ0) is 13.5. The first-order valence-electron chi connectivity index (χ1n) is 5.31. The minimum absolute atomic E-state index is 0.315. The Morgan fingerprint density at radius 2 is 2.17 bits per heavy atom. The van der Waals surface area contributed by atoms with Crippen molar-refractivity contribution < 1.29 is 24.2 Å². The highest BCUT2D eigenvalue weighted by atomic mass is 16.5. The zero-order valence-electron chi connectivity index (χ0n) is 10.2. The lowest BCUT2D eigenvalue weighted by molar-refractivity contribution is -0.150. The molecular formula is C12H15NO5. The smallest absolute Gasteiger partial charge is 0.332 e. The van der Waals surface area contributed by atoms with Crippen molar-refractivity contribution in [1.82, 2.24) is 0 Å². The van der Waals surface area contributed by atoms with Crippen molar-refractivity contribution in [3.8, 4) is 5.75 Å². The second-order valence-corrected chi connectivity index (χ2v) is 3.57. The summed E-state index contributed by atoms with van der Waals surface area (Å²) in [5.74, 6) is -0.909. The first-order chi connectivity index (χ1) is 8.52. The van der Waals surface area contributed by atoms with Crippen LogP contribution in [0.4, 0.5) is 5.69 Å². The second-order valence-electron chi connectivity index (χ2n) is 3.57. The number of nitrogens with one attached hydrogen (secondary N) is 1. The Bertz CT molecular complexity index is 432. The van der Waals surface area contributed by atoms with Crippen LogP contribution in [0.2, 0.25) is 0 Å². The molecule has 0 spiro atoms. The van der Waals surface area contributed by atoms with Gasteiger partial charge in [-0.2, -0.15) is 0 Å². The number of aliphatic carboxylic acids is 1. The van der Waals surface area contributed by atoms with E-state index in [1.807, 2.05) is 0 Å². The summed E-state index contributed by atoms with van der Waals surface area (Å²) in [6, 6.07) is 6.83. The molecule has 0 saturated heterocycles. The number of ether oxygens (including phenoxy) is 2. The average Bonchev–Trinajstić information content (AvgIpc) is 2.36. The third-order valence-electron chi connectivity index (χ3n) is 2.17. The van der Waals surface area contributed by atoms with Crippen molar-refractivity contribution in [2.45, 2.75) is 13.0 Å². The summed E-state index contributed by atoms with van der Waals surface area (Å²) in [6.45, 7) is 1.05. The fourth-order valence-electron chi connectivity index (χ4n) is 1.17. The third-order valence-corrected chi connectivity index (χ3v) is 2.17. The van der Waals surface area contributed by atoms with E-state index >= 15 is 0 Å². The van der Waals surface area contributed by atoms with Gasteiger partial charge in [0, 0.05) is 11.8 Å². The highest BCUT2D eigenvalue weighted by Crippen LogP contribution is 2.16.